The maximum atomic E-state index is 13.5. The predicted molar refractivity (Wildman–Crippen MR) is 86.9 cm³/mol. The Labute approximate surface area is 130 Å². The van der Waals surface area contributed by atoms with Crippen LogP contribution in [0.4, 0.5) is 4.39 Å². The summed E-state index contributed by atoms with van der Waals surface area (Å²) in [4.78, 5) is 14.3. The summed E-state index contributed by atoms with van der Waals surface area (Å²) in [5, 5.41) is 0. The van der Waals surface area contributed by atoms with E-state index in [9.17, 15) is 9.18 Å². The van der Waals surface area contributed by atoms with E-state index in [1.54, 1.807) is 23.7 Å². The fourth-order valence-electron chi connectivity index (χ4n) is 2.00. The first-order valence-electron chi connectivity index (χ1n) is 6.79. The zero-order valence-corrected chi connectivity index (χ0v) is 13.5. The number of carbonyl (C=O) groups excluding carboxylic acids is 1. The van der Waals surface area contributed by atoms with Gasteiger partial charge in [-0.05, 0) is 30.9 Å². The van der Waals surface area contributed by atoms with Crippen molar-refractivity contribution in [3.05, 3.63) is 35.1 Å². The van der Waals surface area contributed by atoms with Gasteiger partial charge in [0.2, 0.25) is 0 Å². The van der Waals surface area contributed by atoms with Crippen LogP contribution in [0.3, 0.4) is 0 Å². The van der Waals surface area contributed by atoms with Crippen molar-refractivity contribution in [2.75, 3.05) is 25.6 Å². The second-order valence-corrected chi connectivity index (χ2v) is 5.54. The molecule has 21 heavy (non-hydrogen) atoms. The average molecular weight is 308 g/mol. The number of nitrogens with two attached hydrogens (primary N) is 1. The molecule has 0 heterocycles. The van der Waals surface area contributed by atoms with Gasteiger partial charge in [-0.15, -0.1) is 0 Å². The molecule has 0 aliphatic rings. The van der Waals surface area contributed by atoms with Crippen LogP contribution < -0.4 is 5.73 Å². The minimum Gasteiger partial charge on any atom is -0.338 e. The first-order valence-corrected chi connectivity index (χ1v) is 8.19. The van der Waals surface area contributed by atoms with Crippen LogP contribution in [-0.4, -0.2) is 42.4 Å². The normalized spacial score (nSPS) is 11.5. The van der Waals surface area contributed by atoms with Crippen molar-refractivity contribution in [3.8, 4) is 11.8 Å². The molecule has 1 amide bonds. The molecule has 1 unspecified atom stereocenters. The van der Waals surface area contributed by atoms with E-state index in [0.29, 0.717) is 5.56 Å². The van der Waals surface area contributed by atoms with E-state index < -0.39 is 5.82 Å². The van der Waals surface area contributed by atoms with E-state index in [4.69, 9.17) is 5.73 Å². The highest BCUT2D eigenvalue weighted by atomic mass is 32.2. The summed E-state index contributed by atoms with van der Waals surface area (Å²) in [7, 11) is 1.75. The Hall–Kier alpha value is -1.51. The molecule has 0 fully saturated rings. The molecule has 5 heteroatoms. The number of hydrogen-bond donors (Lipinski definition) is 1. The van der Waals surface area contributed by atoms with Gasteiger partial charge in [-0.3, -0.25) is 4.79 Å². The Bertz CT molecular complexity index is 551. The lowest BCUT2D eigenvalue weighted by molar-refractivity contribution is 0.0743. The summed E-state index contributed by atoms with van der Waals surface area (Å²) >= 11 is 1.68. The fraction of sp³-hybridized carbons (Fsp3) is 0.438. The maximum Gasteiger partial charge on any atom is 0.255 e. The van der Waals surface area contributed by atoms with Crippen molar-refractivity contribution in [1.29, 1.82) is 0 Å². The van der Waals surface area contributed by atoms with Crippen molar-refractivity contribution in [2.45, 2.75) is 19.4 Å². The van der Waals surface area contributed by atoms with Gasteiger partial charge in [0.1, 0.15) is 5.82 Å². The van der Waals surface area contributed by atoms with Crippen molar-refractivity contribution >= 4 is 17.7 Å². The molecule has 0 spiro atoms. The first kappa shape index (κ1) is 17.5. The molecule has 0 bridgehead atoms. The lowest BCUT2D eigenvalue weighted by atomic mass is 10.1. The second kappa shape index (κ2) is 8.71. The lowest BCUT2D eigenvalue weighted by Crippen LogP contribution is -2.38. The van der Waals surface area contributed by atoms with Gasteiger partial charge in [-0.2, -0.15) is 11.8 Å². The van der Waals surface area contributed by atoms with Crippen molar-refractivity contribution < 1.29 is 9.18 Å². The number of benzene rings is 1. The van der Waals surface area contributed by atoms with Crippen LogP contribution in [-0.2, 0) is 0 Å². The molecule has 1 rings (SSSR count). The molecule has 0 saturated carbocycles. The zero-order valence-electron chi connectivity index (χ0n) is 12.6. The third-order valence-electron chi connectivity index (χ3n) is 3.24. The third kappa shape index (κ3) is 4.76. The van der Waals surface area contributed by atoms with Gasteiger partial charge in [-0.1, -0.05) is 18.8 Å². The first-order chi connectivity index (χ1) is 10.0. The van der Waals surface area contributed by atoms with Crippen LogP contribution in [0.2, 0.25) is 0 Å². The molecule has 0 aromatic heterocycles. The van der Waals surface area contributed by atoms with E-state index >= 15 is 0 Å². The van der Waals surface area contributed by atoms with Crippen LogP contribution in [0.1, 0.15) is 29.3 Å². The number of carbonyl (C=O) groups is 1. The van der Waals surface area contributed by atoms with Crippen LogP contribution in [0.25, 0.3) is 0 Å². The maximum absolute atomic E-state index is 13.5. The Balaban J connectivity index is 3.13. The molecule has 1 aromatic rings. The van der Waals surface area contributed by atoms with E-state index in [1.165, 1.54) is 18.2 Å². The number of thioether (sulfide) groups is 1. The Morgan fingerprint density at radius 1 is 1.52 bits per heavy atom. The summed E-state index contributed by atoms with van der Waals surface area (Å²) in [5.41, 5.74) is 6.16. The predicted octanol–water partition coefficient (Wildman–Crippen LogP) is 2.35. The highest BCUT2D eigenvalue weighted by molar-refractivity contribution is 7.98. The van der Waals surface area contributed by atoms with Gasteiger partial charge >= 0.3 is 0 Å². The van der Waals surface area contributed by atoms with Crippen LogP contribution in [0.15, 0.2) is 18.2 Å². The quantitative estimate of drug-likeness (QED) is 0.849. The Morgan fingerprint density at radius 3 is 2.81 bits per heavy atom. The number of rotatable bonds is 5. The molecule has 3 nitrogen and oxygen atoms in total. The molecule has 1 aromatic carbocycles. The molecule has 114 valence electrons. The number of amides is 1. The van der Waals surface area contributed by atoms with E-state index in [-0.39, 0.29) is 24.1 Å². The highest BCUT2D eigenvalue weighted by Crippen LogP contribution is 2.16. The molecule has 0 aliphatic heterocycles. The van der Waals surface area contributed by atoms with E-state index in [2.05, 4.69) is 11.8 Å². The van der Waals surface area contributed by atoms with Crippen molar-refractivity contribution in [3.63, 3.8) is 0 Å². The standard InChI is InChI=1S/C16H21FN2OS/c1-4-14(11-21-3)19(2)16(20)15-10-13(17)8-7-12(15)6-5-9-18/h7-8,10,14H,4,9,11,18H2,1-3H3. The smallest absolute Gasteiger partial charge is 0.255 e. The van der Waals surface area contributed by atoms with Crippen molar-refractivity contribution in [2.24, 2.45) is 5.73 Å². The summed E-state index contributed by atoms with van der Waals surface area (Å²) < 4.78 is 13.5. The van der Waals surface area contributed by atoms with Gasteiger partial charge in [0.25, 0.3) is 5.91 Å². The fourth-order valence-corrected chi connectivity index (χ4v) is 2.84. The minimum atomic E-state index is -0.442. The Kier molecular flexibility index (Phi) is 7.27. The van der Waals surface area contributed by atoms with E-state index in [1.807, 2.05) is 13.2 Å². The summed E-state index contributed by atoms with van der Waals surface area (Å²) in [6.45, 7) is 2.23. The summed E-state index contributed by atoms with van der Waals surface area (Å²) in [5.74, 6) is 5.73. The molecular formula is C16H21FN2OS. The molecule has 1 atom stereocenters. The van der Waals surface area contributed by atoms with Crippen LogP contribution in [0, 0.1) is 17.7 Å². The molecule has 0 saturated heterocycles. The van der Waals surface area contributed by atoms with Crippen LogP contribution in [0.5, 0.6) is 0 Å². The lowest BCUT2D eigenvalue weighted by Gasteiger charge is -2.27. The molecule has 0 aliphatic carbocycles. The van der Waals surface area contributed by atoms with Gasteiger partial charge in [0.15, 0.2) is 0 Å². The molecular weight excluding hydrogens is 287 g/mol. The van der Waals surface area contributed by atoms with Gasteiger partial charge < -0.3 is 10.6 Å². The molecule has 2 N–H and O–H groups in total. The zero-order chi connectivity index (χ0) is 15.8. The Morgan fingerprint density at radius 2 is 2.24 bits per heavy atom. The third-order valence-corrected chi connectivity index (χ3v) is 3.95. The van der Waals surface area contributed by atoms with Gasteiger partial charge in [0, 0.05) is 24.4 Å². The van der Waals surface area contributed by atoms with E-state index in [0.717, 1.165) is 12.2 Å². The number of hydrogen-bond acceptors (Lipinski definition) is 3. The summed E-state index contributed by atoms with van der Waals surface area (Å²) in [6.07, 6.45) is 2.85. The van der Waals surface area contributed by atoms with Crippen molar-refractivity contribution in [1.82, 2.24) is 4.90 Å². The summed E-state index contributed by atoms with van der Waals surface area (Å²) in [6, 6.07) is 4.18. The molecule has 0 radical (unpaired) electrons. The largest absolute Gasteiger partial charge is 0.338 e. The SMILES string of the molecule is CCC(CSC)N(C)C(=O)c1cc(F)ccc1C#CCN. The highest BCUT2D eigenvalue weighted by Gasteiger charge is 2.21. The van der Waals surface area contributed by atoms with Crippen LogP contribution >= 0.6 is 11.8 Å². The second-order valence-electron chi connectivity index (χ2n) is 4.63. The van der Waals surface area contributed by atoms with Gasteiger partial charge in [-0.25, -0.2) is 4.39 Å². The van der Waals surface area contributed by atoms with Gasteiger partial charge in [0.05, 0.1) is 12.1 Å². The number of halogens is 1. The minimum absolute atomic E-state index is 0.117. The monoisotopic (exact) mass is 308 g/mol. The topological polar surface area (TPSA) is 46.3 Å². The number of nitrogens with zero attached hydrogens (tertiary/aromatic N) is 1. The average Bonchev–Trinajstić information content (AvgIpc) is 2.49.